The fourth-order valence-electron chi connectivity index (χ4n) is 18.4. The first-order chi connectivity index (χ1) is 19.3. The smallest absolute Gasteiger partial charge is 0.226 e. The lowest BCUT2D eigenvalue weighted by atomic mass is 9.38. The first-order valence-electron chi connectivity index (χ1n) is 18.0. The second-order valence-electron chi connectivity index (χ2n) is 22.0. The lowest BCUT2D eigenvalue weighted by Crippen LogP contribution is -2.71. The van der Waals surface area contributed by atoms with E-state index >= 15 is 0 Å². The molecule has 12 aliphatic rings. The number of amides is 2. The third-order valence-electron chi connectivity index (χ3n) is 15.5. The van der Waals surface area contributed by atoms with Gasteiger partial charge in [-0.3, -0.25) is 9.59 Å². The normalized spacial score (nSPS) is 62.9. The minimum atomic E-state index is -0.334. The number of hydrogen-bond acceptors (Lipinski definition) is 2. The zero-order valence-corrected chi connectivity index (χ0v) is 27.7. The lowest BCUT2D eigenvalue weighted by molar-refractivity contribution is -0.185. The molecule has 0 saturated heterocycles. The molecule has 2 N–H and O–H groups in total. The van der Waals surface area contributed by atoms with E-state index in [1.165, 1.54) is 44.9 Å². The van der Waals surface area contributed by atoms with E-state index in [1.54, 1.807) is 0 Å². The molecule has 0 aromatic heterocycles. The number of carbonyl (C=O) groups excluding carboxylic acids is 2. The second-order valence-corrected chi connectivity index (χ2v) is 22.0. The quantitative estimate of drug-likeness (QED) is 0.357. The van der Waals surface area contributed by atoms with Crippen molar-refractivity contribution >= 4 is 11.8 Å². The van der Waals surface area contributed by atoms with Crippen molar-refractivity contribution in [1.29, 1.82) is 0 Å². The van der Waals surface area contributed by atoms with Crippen LogP contribution in [0, 0.1) is 55.2 Å². The molecule has 0 radical (unpaired) electrons. The van der Waals surface area contributed by atoms with Gasteiger partial charge in [0.2, 0.25) is 11.8 Å². The number of carbonyl (C=O) groups is 2. The summed E-state index contributed by atoms with van der Waals surface area (Å²) in [6.45, 7) is 15.1. The van der Waals surface area contributed by atoms with Crippen LogP contribution in [-0.2, 0) is 9.59 Å². The minimum Gasteiger partial charge on any atom is -0.350 e. The molecule has 4 heteroatoms. The summed E-state index contributed by atoms with van der Waals surface area (Å²) in [5.41, 5.74) is 1.39. The van der Waals surface area contributed by atoms with Crippen LogP contribution in [0.25, 0.3) is 0 Å². The van der Waals surface area contributed by atoms with E-state index in [1.807, 2.05) is 0 Å². The first kappa shape index (κ1) is 27.3. The second kappa shape index (κ2) is 7.32. The van der Waals surface area contributed by atoms with Gasteiger partial charge in [0.25, 0.3) is 0 Å². The van der Waals surface area contributed by atoms with E-state index in [2.05, 4.69) is 52.2 Å². The molecule has 42 heavy (non-hydrogen) atoms. The average molecular weight is 575 g/mol. The van der Waals surface area contributed by atoms with E-state index in [-0.39, 0.29) is 21.9 Å². The highest BCUT2D eigenvalue weighted by molar-refractivity contribution is 5.89. The van der Waals surface area contributed by atoms with Crippen molar-refractivity contribution in [3.05, 3.63) is 0 Å². The SMILES string of the molecule is CC12CC3(C)CC(C)(C1)CC(NC(=O)C14CC5CC(C1)CC(C(=O)NC16CC7(C)CC(C)(CC(C)(C7)C1)C6)(C5)C4)(C2)C3. The Bertz CT molecular complexity index is 1080. The van der Waals surface area contributed by atoms with Crippen molar-refractivity contribution in [2.24, 2.45) is 55.2 Å². The molecule has 0 aliphatic heterocycles. The van der Waals surface area contributed by atoms with Crippen LogP contribution in [0.5, 0.6) is 0 Å². The zero-order valence-electron chi connectivity index (χ0n) is 27.7. The van der Waals surface area contributed by atoms with Gasteiger partial charge < -0.3 is 10.6 Å². The van der Waals surface area contributed by atoms with Gasteiger partial charge in [0.05, 0.1) is 10.8 Å². The van der Waals surface area contributed by atoms with Gasteiger partial charge in [0, 0.05) is 11.1 Å². The molecule has 0 atom stereocenters. The zero-order chi connectivity index (χ0) is 29.5. The fraction of sp³-hybridized carbons (Fsp3) is 0.947. The molecule has 12 rings (SSSR count). The van der Waals surface area contributed by atoms with Crippen LogP contribution < -0.4 is 10.6 Å². The van der Waals surface area contributed by atoms with E-state index in [0.717, 1.165) is 70.6 Å². The van der Waals surface area contributed by atoms with Crippen molar-refractivity contribution in [2.75, 3.05) is 0 Å². The highest BCUT2D eigenvalue weighted by Gasteiger charge is 2.69. The summed E-state index contributed by atoms with van der Waals surface area (Å²) < 4.78 is 0. The molecule has 2 amide bonds. The molecule has 12 aliphatic carbocycles. The molecule has 0 aromatic rings. The third-order valence-corrected chi connectivity index (χ3v) is 15.5. The van der Waals surface area contributed by atoms with Crippen molar-refractivity contribution in [2.45, 2.75) is 168 Å². The van der Waals surface area contributed by atoms with Crippen molar-refractivity contribution < 1.29 is 9.59 Å². The topological polar surface area (TPSA) is 58.2 Å². The Hall–Kier alpha value is -1.06. The van der Waals surface area contributed by atoms with Crippen LogP contribution in [0.4, 0.5) is 0 Å². The van der Waals surface area contributed by atoms with Gasteiger partial charge in [0.1, 0.15) is 0 Å². The maximum Gasteiger partial charge on any atom is 0.226 e. The van der Waals surface area contributed by atoms with Gasteiger partial charge in [-0.15, -0.1) is 0 Å². The lowest BCUT2D eigenvalue weighted by Gasteiger charge is -2.70. The Labute approximate surface area is 255 Å². The van der Waals surface area contributed by atoms with Crippen molar-refractivity contribution in [3.8, 4) is 0 Å². The predicted molar refractivity (Wildman–Crippen MR) is 165 cm³/mol. The minimum absolute atomic E-state index is 0.0393. The Balaban J connectivity index is 0.998. The number of rotatable bonds is 4. The number of nitrogens with one attached hydrogen (secondary N) is 2. The Kier molecular flexibility index (Phi) is 4.75. The Morgan fingerprint density at radius 2 is 0.690 bits per heavy atom. The number of hydrogen-bond donors (Lipinski definition) is 2. The molecule has 0 unspecified atom stereocenters. The van der Waals surface area contributed by atoms with E-state index in [9.17, 15) is 9.59 Å². The van der Waals surface area contributed by atoms with Crippen LogP contribution in [-0.4, -0.2) is 22.9 Å². The summed E-state index contributed by atoms with van der Waals surface area (Å²) >= 11 is 0. The van der Waals surface area contributed by atoms with Crippen LogP contribution in [0.2, 0.25) is 0 Å². The molecule has 0 heterocycles. The third kappa shape index (κ3) is 3.71. The Morgan fingerprint density at radius 3 is 0.952 bits per heavy atom. The average Bonchev–Trinajstić information content (AvgIpc) is 2.70. The van der Waals surface area contributed by atoms with Crippen molar-refractivity contribution in [3.63, 3.8) is 0 Å². The molecule has 0 spiro atoms. The monoisotopic (exact) mass is 574 g/mol. The summed E-state index contributed by atoms with van der Waals surface area (Å²) in [5, 5.41) is 7.77. The van der Waals surface area contributed by atoms with Crippen LogP contribution in [0.3, 0.4) is 0 Å². The van der Waals surface area contributed by atoms with Crippen molar-refractivity contribution in [1.82, 2.24) is 10.6 Å². The predicted octanol–water partition coefficient (Wildman–Crippen LogP) is 8.08. The summed E-state index contributed by atoms with van der Waals surface area (Å²) in [6.07, 6.45) is 21.0. The molecule has 4 nitrogen and oxygen atoms in total. The maximum absolute atomic E-state index is 14.8. The fourth-order valence-corrected chi connectivity index (χ4v) is 18.4. The summed E-state index contributed by atoms with van der Waals surface area (Å²) in [5.74, 6) is 1.76. The maximum atomic E-state index is 14.8. The van der Waals surface area contributed by atoms with Crippen LogP contribution in [0.15, 0.2) is 0 Å². The largest absolute Gasteiger partial charge is 0.350 e. The Morgan fingerprint density at radius 1 is 0.429 bits per heavy atom. The first-order valence-corrected chi connectivity index (χ1v) is 18.0. The molecular weight excluding hydrogens is 516 g/mol. The highest BCUT2D eigenvalue weighted by atomic mass is 16.2. The molecule has 232 valence electrons. The van der Waals surface area contributed by atoms with Gasteiger partial charge in [-0.05, 0) is 160 Å². The molecule has 0 aromatic carbocycles. The van der Waals surface area contributed by atoms with Gasteiger partial charge >= 0.3 is 0 Å². The standard InChI is InChI=1S/C38H58N2O2/c1-29-12-30(2)14-31(3,13-29)20-37(18-29,19-30)39-27(41)35-8-25-7-26(9-35)11-36(10-25,24-35)28(42)40-38-21-32(4)15-33(5,22-38)17-34(6,16-32)23-38/h25-26H,7-24H2,1-6H3,(H,39,41)(H,40,42). The van der Waals surface area contributed by atoms with Crippen LogP contribution in [0.1, 0.15) is 157 Å². The van der Waals surface area contributed by atoms with Gasteiger partial charge in [-0.1, -0.05) is 41.5 Å². The molecular formula is C38H58N2O2. The molecule has 12 bridgehead atoms. The highest BCUT2D eigenvalue weighted by Crippen LogP contribution is 2.73. The molecule has 12 saturated carbocycles. The summed E-state index contributed by atoms with van der Waals surface area (Å²) in [6, 6.07) is 0. The van der Waals surface area contributed by atoms with E-state index in [4.69, 9.17) is 0 Å². The van der Waals surface area contributed by atoms with Gasteiger partial charge in [0.15, 0.2) is 0 Å². The van der Waals surface area contributed by atoms with Gasteiger partial charge in [-0.2, -0.15) is 0 Å². The van der Waals surface area contributed by atoms with Crippen LogP contribution >= 0.6 is 0 Å². The summed E-state index contributed by atoms with van der Waals surface area (Å²) in [4.78, 5) is 29.5. The van der Waals surface area contributed by atoms with Gasteiger partial charge in [-0.25, -0.2) is 0 Å². The summed E-state index contributed by atoms with van der Waals surface area (Å²) in [7, 11) is 0. The van der Waals surface area contributed by atoms with E-state index in [0.29, 0.717) is 56.1 Å². The van der Waals surface area contributed by atoms with E-state index < -0.39 is 0 Å². The molecule has 12 fully saturated rings.